The van der Waals surface area contributed by atoms with Gasteiger partial charge in [-0.05, 0) is 59.2 Å². The van der Waals surface area contributed by atoms with Gasteiger partial charge in [-0.25, -0.2) is 4.79 Å². The number of rotatable bonds is 3. The Labute approximate surface area is 197 Å². The minimum Gasteiger partial charge on any atom is -0.368 e. The van der Waals surface area contributed by atoms with Crippen LogP contribution >= 0.6 is 15.9 Å². The molecule has 2 amide bonds. The van der Waals surface area contributed by atoms with E-state index in [4.69, 9.17) is 0 Å². The summed E-state index contributed by atoms with van der Waals surface area (Å²) in [5.41, 5.74) is 5.98. The number of carbonyl (C=O) groups is 1. The van der Waals surface area contributed by atoms with E-state index < -0.39 is 0 Å². The standard InChI is InChI=1S/C25H26BrN5O/c1-29-11-13-30(14-12-29)24-16-23-19(15-21(24)26)9-10-31(23)25(32)28-20-7-8-22(27-17-20)18-5-3-2-4-6-18/h2-8,15-17H,9-14H2,1H3,(H,28,32). The van der Waals surface area contributed by atoms with Crippen LogP contribution in [0.1, 0.15) is 5.56 Å². The van der Waals surface area contributed by atoms with Crippen LogP contribution in [-0.2, 0) is 6.42 Å². The summed E-state index contributed by atoms with van der Waals surface area (Å²) in [7, 11) is 2.16. The lowest BCUT2D eigenvalue weighted by atomic mass is 10.1. The number of hydrogen-bond donors (Lipinski definition) is 1. The number of nitrogens with one attached hydrogen (secondary N) is 1. The first-order valence-corrected chi connectivity index (χ1v) is 11.7. The highest BCUT2D eigenvalue weighted by molar-refractivity contribution is 9.10. The largest absolute Gasteiger partial charge is 0.368 e. The van der Waals surface area contributed by atoms with Crippen molar-refractivity contribution in [3.63, 3.8) is 0 Å². The molecular formula is C25H26BrN5O. The van der Waals surface area contributed by atoms with Gasteiger partial charge in [-0.15, -0.1) is 0 Å². The Balaban J connectivity index is 1.32. The van der Waals surface area contributed by atoms with Crippen molar-refractivity contribution in [1.82, 2.24) is 9.88 Å². The maximum absolute atomic E-state index is 13.1. The van der Waals surface area contributed by atoms with Gasteiger partial charge in [-0.2, -0.15) is 0 Å². The fraction of sp³-hybridized carbons (Fsp3) is 0.280. The van der Waals surface area contributed by atoms with Crippen molar-refractivity contribution in [1.29, 1.82) is 0 Å². The van der Waals surface area contributed by atoms with E-state index in [1.165, 1.54) is 5.56 Å². The first kappa shape index (κ1) is 21.0. The number of carbonyl (C=O) groups excluding carboxylic acids is 1. The Kier molecular flexibility index (Phi) is 5.85. The number of anilines is 3. The molecule has 32 heavy (non-hydrogen) atoms. The second-order valence-electron chi connectivity index (χ2n) is 8.35. The number of urea groups is 1. The van der Waals surface area contributed by atoms with Crippen molar-refractivity contribution in [2.45, 2.75) is 6.42 Å². The third kappa shape index (κ3) is 4.23. The summed E-state index contributed by atoms with van der Waals surface area (Å²) in [4.78, 5) is 24.2. The molecule has 0 bridgehead atoms. The average Bonchev–Trinajstić information content (AvgIpc) is 3.23. The third-order valence-electron chi connectivity index (χ3n) is 6.22. The highest BCUT2D eigenvalue weighted by atomic mass is 79.9. The quantitative estimate of drug-likeness (QED) is 0.568. The van der Waals surface area contributed by atoms with Gasteiger partial charge in [0.05, 0.1) is 29.0 Å². The Morgan fingerprint density at radius 1 is 0.969 bits per heavy atom. The van der Waals surface area contributed by atoms with Gasteiger partial charge in [-0.3, -0.25) is 9.88 Å². The average molecular weight is 492 g/mol. The van der Waals surface area contributed by atoms with E-state index in [1.807, 2.05) is 47.4 Å². The number of aromatic nitrogens is 1. The Morgan fingerprint density at radius 3 is 2.47 bits per heavy atom. The zero-order valence-corrected chi connectivity index (χ0v) is 19.7. The van der Waals surface area contributed by atoms with E-state index >= 15 is 0 Å². The van der Waals surface area contributed by atoms with Gasteiger partial charge >= 0.3 is 6.03 Å². The van der Waals surface area contributed by atoms with Crippen LogP contribution in [0.3, 0.4) is 0 Å². The summed E-state index contributed by atoms with van der Waals surface area (Å²) < 4.78 is 1.10. The van der Waals surface area contributed by atoms with E-state index in [2.05, 4.69) is 55.2 Å². The van der Waals surface area contributed by atoms with Crippen molar-refractivity contribution < 1.29 is 4.79 Å². The highest BCUT2D eigenvalue weighted by Gasteiger charge is 2.28. The first-order chi connectivity index (χ1) is 15.6. The fourth-order valence-electron chi connectivity index (χ4n) is 4.34. The van der Waals surface area contributed by atoms with Crippen LogP contribution in [0.15, 0.2) is 65.3 Å². The number of nitrogens with zero attached hydrogens (tertiary/aromatic N) is 4. The molecule has 1 aromatic heterocycles. The van der Waals surface area contributed by atoms with Crippen molar-refractivity contribution >= 4 is 39.0 Å². The van der Waals surface area contributed by atoms with Gasteiger partial charge in [0.2, 0.25) is 0 Å². The number of amides is 2. The van der Waals surface area contributed by atoms with Crippen LogP contribution < -0.4 is 15.1 Å². The molecule has 3 aromatic rings. The number of halogens is 1. The molecule has 0 unspecified atom stereocenters. The summed E-state index contributed by atoms with van der Waals surface area (Å²) in [5.74, 6) is 0. The van der Waals surface area contributed by atoms with Gasteiger partial charge in [0.15, 0.2) is 0 Å². The predicted octanol–water partition coefficient (Wildman–Crippen LogP) is 4.86. The monoisotopic (exact) mass is 491 g/mol. The lowest BCUT2D eigenvalue weighted by Crippen LogP contribution is -2.44. The minimum atomic E-state index is -0.121. The summed E-state index contributed by atoms with van der Waals surface area (Å²) in [6.45, 7) is 4.73. The summed E-state index contributed by atoms with van der Waals surface area (Å²) >= 11 is 3.75. The molecule has 7 heteroatoms. The molecule has 2 aromatic carbocycles. The van der Waals surface area contributed by atoms with Crippen molar-refractivity contribution in [2.75, 3.05) is 54.9 Å². The molecule has 3 heterocycles. The van der Waals surface area contributed by atoms with E-state index in [9.17, 15) is 4.79 Å². The molecule has 1 N–H and O–H groups in total. The maximum Gasteiger partial charge on any atom is 0.326 e. The normalized spacial score (nSPS) is 16.2. The maximum atomic E-state index is 13.1. The SMILES string of the molecule is CN1CCN(c2cc3c(cc2Br)CCN3C(=O)Nc2ccc(-c3ccccc3)nc2)CC1. The molecule has 1 fully saturated rings. The summed E-state index contributed by atoms with van der Waals surface area (Å²) in [6, 6.07) is 18.1. The number of benzene rings is 2. The highest BCUT2D eigenvalue weighted by Crippen LogP contribution is 2.38. The van der Waals surface area contributed by atoms with Gasteiger partial charge in [0.1, 0.15) is 0 Å². The van der Waals surface area contributed by atoms with Crippen LogP contribution in [0.25, 0.3) is 11.3 Å². The summed E-state index contributed by atoms with van der Waals surface area (Å²) in [6.07, 6.45) is 2.57. The number of piperazine rings is 1. The number of likely N-dealkylation sites (N-methyl/N-ethyl adjacent to an activating group) is 1. The Morgan fingerprint density at radius 2 is 1.75 bits per heavy atom. The van der Waals surface area contributed by atoms with E-state index in [0.29, 0.717) is 12.2 Å². The molecule has 0 atom stereocenters. The molecule has 1 saturated heterocycles. The summed E-state index contributed by atoms with van der Waals surface area (Å²) in [5, 5.41) is 3.02. The lowest BCUT2D eigenvalue weighted by molar-refractivity contribution is 0.257. The van der Waals surface area contributed by atoms with E-state index in [0.717, 1.165) is 59.7 Å². The van der Waals surface area contributed by atoms with Crippen LogP contribution in [0.2, 0.25) is 0 Å². The lowest BCUT2D eigenvalue weighted by Gasteiger charge is -2.35. The Bertz CT molecular complexity index is 1110. The second-order valence-corrected chi connectivity index (χ2v) is 9.21. The van der Waals surface area contributed by atoms with Gasteiger partial charge in [0.25, 0.3) is 0 Å². The number of fused-ring (bicyclic) bond motifs is 1. The van der Waals surface area contributed by atoms with E-state index in [1.54, 1.807) is 6.20 Å². The molecule has 2 aliphatic rings. The molecule has 0 aliphatic carbocycles. The second kappa shape index (κ2) is 8.92. The minimum absolute atomic E-state index is 0.121. The molecular weight excluding hydrogens is 466 g/mol. The molecule has 2 aliphatic heterocycles. The van der Waals surface area contributed by atoms with Crippen LogP contribution in [0, 0.1) is 0 Å². The molecule has 0 radical (unpaired) electrons. The zero-order chi connectivity index (χ0) is 22.1. The van der Waals surface area contributed by atoms with Crippen LogP contribution in [-0.4, -0.2) is 55.7 Å². The van der Waals surface area contributed by atoms with Gasteiger partial charge < -0.3 is 15.1 Å². The van der Waals surface area contributed by atoms with E-state index in [-0.39, 0.29) is 6.03 Å². The first-order valence-electron chi connectivity index (χ1n) is 10.9. The topological polar surface area (TPSA) is 51.7 Å². The van der Waals surface area contributed by atoms with Crippen molar-refractivity contribution in [3.05, 3.63) is 70.8 Å². The fourth-order valence-corrected chi connectivity index (χ4v) is 4.98. The molecule has 0 saturated carbocycles. The van der Waals surface area contributed by atoms with Gasteiger partial charge in [-0.1, -0.05) is 30.3 Å². The molecule has 6 nitrogen and oxygen atoms in total. The Hall–Kier alpha value is -2.90. The van der Waals surface area contributed by atoms with Crippen LogP contribution in [0.4, 0.5) is 21.9 Å². The predicted molar refractivity (Wildman–Crippen MR) is 134 cm³/mol. The van der Waals surface area contributed by atoms with Gasteiger partial charge in [0, 0.05) is 42.8 Å². The van der Waals surface area contributed by atoms with Crippen molar-refractivity contribution in [3.8, 4) is 11.3 Å². The van der Waals surface area contributed by atoms with Crippen LogP contribution in [0.5, 0.6) is 0 Å². The number of pyridine rings is 1. The molecule has 164 valence electrons. The zero-order valence-electron chi connectivity index (χ0n) is 18.1. The number of hydrogen-bond acceptors (Lipinski definition) is 4. The molecule has 0 spiro atoms. The third-order valence-corrected chi connectivity index (χ3v) is 6.85. The smallest absolute Gasteiger partial charge is 0.326 e. The van der Waals surface area contributed by atoms with Crippen molar-refractivity contribution in [2.24, 2.45) is 0 Å². The molecule has 5 rings (SSSR count).